The summed E-state index contributed by atoms with van der Waals surface area (Å²) in [6.45, 7) is 12.5. The predicted octanol–water partition coefficient (Wildman–Crippen LogP) is 5.73. The lowest BCUT2D eigenvalue weighted by Crippen LogP contribution is -2.50. The molecule has 4 rings (SSSR count). The molecule has 1 saturated heterocycles. The number of amides is 3. The van der Waals surface area contributed by atoms with E-state index in [2.05, 4.69) is 44.0 Å². The molecule has 39 heavy (non-hydrogen) atoms. The van der Waals surface area contributed by atoms with Crippen molar-refractivity contribution in [3.8, 4) is 0 Å². The Bertz CT molecular complexity index is 1260. The Morgan fingerprint density at radius 1 is 1.23 bits per heavy atom. The van der Waals surface area contributed by atoms with Crippen molar-refractivity contribution < 1.29 is 14.1 Å². The van der Waals surface area contributed by atoms with Crippen molar-refractivity contribution in [2.45, 2.75) is 72.5 Å². The zero-order valence-corrected chi connectivity index (χ0v) is 24.8. The minimum Gasteiger partial charge on any atom is -0.352 e. The summed E-state index contributed by atoms with van der Waals surface area (Å²) >= 11 is 7.63. The molecule has 0 saturated carbocycles. The molecule has 1 aliphatic rings. The maximum absolute atomic E-state index is 13.4. The third kappa shape index (κ3) is 7.17. The molecule has 0 unspecified atom stereocenters. The Labute approximate surface area is 238 Å². The van der Waals surface area contributed by atoms with Crippen molar-refractivity contribution >= 4 is 40.8 Å². The average Bonchev–Trinajstić information content (AvgIpc) is 3.52. The molecule has 3 aromatic heterocycles. The number of aryl methyl sites for hydroxylation is 3. The van der Waals surface area contributed by atoms with Gasteiger partial charge in [-0.15, -0.1) is 0 Å². The van der Waals surface area contributed by atoms with Gasteiger partial charge in [0.15, 0.2) is 0 Å². The van der Waals surface area contributed by atoms with Crippen molar-refractivity contribution in [3.63, 3.8) is 0 Å². The SMILES string of the molecule is Cc1cc(Cl)nc(C)c1C(=O)NCC[C@@H](C)N1CCC(N(Cc2ccsc2)C(=O)Nc2onc(C)c2C)CC1. The number of hydrogen-bond acceptors (Lipinski definition) is 7. The van der Waals surface area contributed by atoms with Crippen molar-refractivity contribution in [1.82, 2.24) is 25.3 Å². The van der Waals surface area contributed by atoms with Crippen LogP contribution in [0.3, 0.4) is 0 Å². The van der Waals surface area contributed by atoms with E-state index in [1.807, 2.05) is 31.1 Å². The van der Waals surface area contributed by atoms with E-state index in [1.165, 1.54) is 0 Å². The van der Waals surface area contributed by atoms with Gasteiger partial charge in [-0.1, -0.05) is 16.8 Å². The van der Waals surface area contributed by atoms with Gasteiger partial charge in [0.2, 0.25) is 5.88 Å². The molecule has 3 amide bonds. The van der Waals surface area contributed by atoms with E-state index in [0.29, 0.717) is 41.4 Å². The Morgan fingerprint density at radius 2 is 1.97 bits per heavy atom. The first-order valence-electron chi connectivity index (χ1n) is 13.3. The Morgan fingerprint density at radius 3 is 2.59 bits per heavy atom. The summed E-state index contributed by atoms with van der Waals surface area (Å²) in [7, 11) is 0. The van der Waals surface area contributed by atoms with Crippen LogP contribution in [0.15, 0.2) is 27.4 Å². The second-order valence-electron chi connectivity index (χ2n) is 10.3. The van der Waals surface area contributed by atoms with E-state index in [0.717, 1.165) is 54.7 Å². The van der Waals surface area contributed by atoms with Crippen LogP contribution >= 0.6 is 22.9 Å². The summed E-state index contributed by atoms with van der Waals surface area (Å²) in [5, 5.41) is 14.5. The Hall–Kier alpha value is -2.95. The average molecular weight is 573 g/mol. The number of piperidine rings is 1. The molecule has 4 heterocycles. The van der Waals surface area contributed by atoms with Gasteiger partial charge in [-0.25, -0.2) is 9.78 Å². The van der Waals surface area contributed by atoms with E-state index in [-0.39, 0.29) is 18.0 Å². The normalized spacial score (nSPS) is 15.2. The third-order valence-electron chi connectivity index (χ3n) is 7.58. The number of aromatic nitrogens is 2. The molecule has 210 valence electrons. The van der Waals surface area contributed by atoms with E-state index in [9.17, 15) is 9.59 Å². The van der Waals surface area contributed by atoms with Crippen molar-refractivity contribution in [2.24, 2.45) is 0 Å². The van der Waals surface area contributed by atoms with Crippen LogP contribution in [0.4, 0.5) is 10.7 Å². The molecule has 0 aromatic carbocycles. The van der Waals surface area contributed by atoms with E-state index < -0.39 is 0 Å². The highest BCUT2D eigenvalue weighted by atomic mass is 35.5. The minimum atomic E-state index is -0.170. The second kappa shape index (κ2) is 12.9. The lowest BCUT2D eigenvalue weighted by atomic mass is 10.0. The molecule has 1 aliphatic heterocycles. The highest BCUT2D eigenvalue weighted by molar-refractivity contribution is 7.07. The zero-order chi connectivity index (χ0) is 28.1. The number of carbonyl (C=O) groups excluding carboxylic acids is 2. The number of carbonyl (C=O) groups is 2. The van der Waals surface area contributed by atoms with Gasteiger partial charge in [0.25, 0.3) is 5.91 Å². The van der Waals surface area contributed by atoms with Crippen LogP contribution in [-0.2, 0) is 6.54 Å². The lowest BCUT2D eigenvalue weighted by Gasteiger charge is -2.40. The number of nitrogens with one attached hydrogen (secondary N) is 2. The highest BCUT2D eigenvalue weighted by Crippen LogP contribution is 2.25. The quantitative estimate of drug-likeness (QED) is 0.318. The molecule has 1 atom stereocenters. The number of hydrogen-bond donors (Lipinski definition) is 2. The number of halogens is 1. The van der Waals surface area contributed by atoms with E-state index in [1.54, 1.807) is 24.3 Å². The maximum atomic E-state index is 13.4. The zero-order valence-electron chi connectivity index (χ0n) is 23.2. The van der Waals surface area contributed by atoms with Crippen LogP contribution in [0.1, 0.15) is 64.6 Å². The van der Waals surface area contributed by atoms with Crippen LogP contribution in [0.2, 0.25) is 5.15 Å². The topological polar surface area (TPSA) is 104 Å². The van der Waals surface area contributed by atoms with Crippen LogP contribution in [0.5, 0.6) is 0 Å². The van der Waals surface area contributed by atoms with Crippen molar-refractivity contribution in [3.05, 3.63) is 61.7 Å². The molecule has 2 N–H and O–H groups in total. The molecule has 0 spiro atoms. The number of anilines is 1. The highest BCUT2D eigenvalue weighted by Gasteiger charge is 2.30. The molecular formula is C28H37ClN6O3S. The summed E-state index contributed by atoms with van der Waals surface area (Å²) < 4.78 is 5.33. The third-order valence-corrected chi connectivity index (χ3v) is 8.50. The fourth-order valence-corrected chi connectivity index (χ4v) is 6.03. The number of nitrogens with zero attached hydrogens (tertiary/aromatic N) is 4. The van der Waals surface area contributed by atoms with Crippen molar-refractivity contribution in [1.29, 1.82) is 0 Å². The number of rotatable bonds is 9. The summed E-state index contributed by atoms with van der Waals surface area (Å²) in [5.74, 6) is 0.285. The lowest BCUT2D eigenvalue weighted by molar-refractivity contribution is 0.0918. The van der Waals surface area contributed by atoms with Crippen LogP contribution < -0.4 is 10.6 Å². The number of thiophene rings is 1. The molecule has 1 fully saturated rings. The fourth-order valence-electron chi connectivity index (χ4n) is 5.08. The summed E-state index contributed by atoms with van der Waals surface area (Å²) in [5.41, 5.74) is 4.78. The van der Waals surface area contributed by atoms with Gasteiger partial charge in [-0.05, 0) is 87.9 Å². The first-order chi connectivity index (χ1) is 18.6. The van der Waals surface area contributed by atoms with Crippen LogP contribution in [-0.4, -0.2) is 63.6 Å². The van der Waals surface area contributed by atoms with Gasteiger partial charge in [0.05, 0.1) is 17.0 Å². The smallest absolute Gasteiger partial charge is 0.324 e. The number of urea groups is 1. The first-order valence-corrected chi connectivity index (χ1v) is 14.6. The van der Waals surface area contributed by atoms with Crippen LogP contribution in [0.25, 0.3) is 0 Å². The summed E-state index contributed by atoms with van der Waals surface area (Å²) in [6, 6.07) is 4.02. The molecule has 9 nitrogen and oxygen atoms in total. The summed E-state index contributed by atoms with van der Waals surface area (Å²) in [6.07, 6.45) is 2.58. The first kappa shape index (κ1) is 29.0. The Kier molecular flexibility index (Phi) is 9.63. The monoisotopic (exact) mass is 572 g/mol. The van der Waals surface area contributed by atoms with Crippen LogP contribution in [0, 0.1) is 27.7 Å². The second-order valence-corrected chi connectivity index (χ2v) is 11.5. The van der Waals surface area contributed by atoms with Gasteiger partial charge in [-0.2, -0.15) is 11.3 Å². The maximum Gasteiger partial charge on any atom is 0.324 e. The van der Waals surface area contributed by atoms with Crippen molar-refractivity contribution in [2.75, 3.05) is 25.0 Å². The largest absolute Gasteiger partial charge is 0.352 e. The van der Waals surface area contributed by atoms with Gasteiger partial charge < -0.3 is 19.6 Å². The standard InChI is InChI=1S/C28H37ClN6O3S/c1-17-14-24(29)31-21(5)25(17)26(36)30-10-6-18(2)34-11-7-23(8-12-34)35(15-22-9-13-39-16-22)28(37)32-27-19(3)20(4)33-38-27/h9,13-14,16,18,23H,6-8,10-12,15H2,1-5H3,(H,30,36)(H,32,37)/t18-/m1/s1. The minimum absolute atomic E-state index is 0.112. The van der Waals surface area contributed by atoms with E-state index >= 15 is 0 Å². The molecule has 0 bridgehead atoms. The molecule has 11 heteroatoms. The molecule has 0 radical (unpaired) electrons. The number of likely N-dealkylation sites (tertiary alicyclic amines) is 1. The van der Waals surface area contributed by atoms with Gasteiger partial charge in [-0.3, -0.25) is 10.1 Å². The van der Waals surface area contributed by atoms with Gasteiger partial charge in [0, 0.05) is 43.8 Å². The molecule has 3 aromatic rings. The number of pyridine rings is 1. The van der Waals surface area contributed by atoms with Gasteiger partial charge in [0.1, 0.15) is 5.15 Å². The summed E-state index contributed by atoms with van der Waals surface area (Å²) in [4.78, 5) is 34.7. The fraction of sp³-hybridized carbons (Fsp3) is 0.500. The molecule has 0 aliphatic carbocycles. The van der Waals surface area contributed by atoms with E-state index in [4.69, 9.17) is 16.1 Å². The predicted molar refractivity (Wildman–Crippen MR) is 155 cm³/mol. The van der Waals surface area contributed by atoms with Gasteiger partial charge >= 0.3 is 6.03 Å². The Balaban J connectivity index is 1.31. The molecular weight excluding hydrogens is 536 g/mol.